The molecule has 1 aromatic heterocycles. The Hall–Kier alpha value is -1.06. The molecule has 0 fully saturated rings. The molecule has 0 spiro atoms. The van der Waals surface area contributed by atoms with E-state index in [1.54, 1.807) is 11.3 Å². The lowest BCUT2D eigenvalue weighted by Crippen LogP contribution is -2.03. The lowest BCUT2D eigenvalue weighted by molar-refractivity contribution is 0.226. The van der Waals surface area contributed by atoms with Crippen LogP contribution in [-0.2, 0) is 12.3 Å². The number of aromatic nitrogens is 1. The molecule has 0 radical (unpaired) electrons. The number of alkyl halides is 1. The second kappa shape index (κ2) is 6.21. The predicted octanol–water partition coefficient (Wildman–Crippen LogP) is 4.58. The Labute approximate surface area is 117 Å². The van der Waals surface area contributed by atoms with Gasteiger partial charge >= 0.3 is 0 Å². The molecule has 1 atom stereocenters. The van der Waals surface area contributed by atoms with Gasteiger partial charge in [-0.3, -0.25) is 0 Å². The van der Waals surface area contributed by atoms with Gasteiger partial charge in [0, 0.05) is 5.38 Å². The highest BCUT2D eigenvalue weighted by atomic mass is 35.5. The summed E-state index contributed by atoms with van der Waals surface area (Å²) >= 11 is 7.34. The highest BCUT2D eigenvalue weighted by Crippen LogP contribution is 2.25. The van der Waals surface area contributed by atoms with Gasteiger partial charge in [-0.05, 0) is 31.0 Å². The van der Waals surface area contributed by atoms with Crippen LogP contribution in [-0.4, -0.2) is 4.98 Å². The van der Waals surface area contributed by atoms with Crippen LogP contribution in [0.15, 0.2) is 29.6 Å². The van der Waals surface area contributed by atoms with E-state index in [4.69, 9.17) is 16.3 Å². The van der Waals surface area contributed by atoms with Crippen molar-refractivity contribution < 1.29 is 4.74 Å². The second-order valence-electron chi connectivity index (χ2n) is 4.07. The lowest BCUT2D eigenvalue weighted by atomic mass is 10.2. The average molecular weight is 282 g/mol. The zero-order valence-electron chi connectivity index (χ0n) is 10.5. The van der Waals surface area contributed by atoms with Gasteiger partial charge in [0.15, 0.2) is 0 Å². The topological polar surface area (TPSA) is 22.1 Å². The third kappa shape index (κ3) is 3.24. The Morgan fingerprint density at radius 2 is 2.28 bits per heavy atom. The molecular formula is C14H16ClNOS. The molecule has 0 N–H and O–H groups in total. The van der Waals surface area contributed by atoms with E-state index >= 15 is 0 Å². The van der Waals surface area contributed by atoms with E-state index in [9.17, 15) is 0 Å². The number of aryl methyl sites for hydroxylation is 1. The first kappa shape index (κ1) is 13.4. The number of ether oxygens (including phenoxy) is 1. The Morgan fingerprint density at radius 1 is 1.44 bits per heavy atom. The summed E-state index contributed by atoms with van der Waals surface area (Å²) in [7, 11) is 0. The Kier molecular flexibility index (Phi) is 4.61. The van der Waals surface area contributed by atoms with Crippen LogP contribution in [0.4, 0.5) is 0 Å². The average Bonchev–Trinajstić information content (AvgIpc) is 2.88. The van der Waals surface area contributed by atoms with Crippen LogP contribution in [0.1, 0.15) is 36.2 Å². The molecule has 0 aliphatic carbocycles. The van der Waals surface area contributed by atoms with E-state index in [1.807, 2.05) is 24.4 Å². The molecular weight excluding hydrogens is 266 g/mol. The normalized spacial score (nSPS) is 12.4. The fourth-order valence-corrected chi connectivity index (χ4v) is 2.69. The number of hydrogen-bond acceptors (Lipinski definition) is 3. The highest BCUT2D eigenvalue weighted by molar-refractivity contribution is 7.09. The monoisotopic (exact) mass is 281 g/mol. The van der Waals surface area contributed by atoms with E-state index in [2.05, 4.69) is 24.0 Å². The van der Waals surface area contributed by atoms with E-state index in [-0.39, 0.29) is 6.10 Å². The molecule has 0 bridgehead atoms. The maximum absolute atomic E-state index is 5.91. The summed E-state index contributed by atoms with van der Waals surface area (Å²) in [5.74, 6) is 1.35. The summed E-state index contributed by atoms with van der Waals surface area (Å²) in [4.78, 5) is 4.43. The fourth-order valence-electron chi connectivity index (χ4n) is 1.66. The number of hydrogen-bond donors (Lipinski definition) is 0. The van der Waals surface area contributed by atoms with Gasteiger partial charge in [-0.25, -0.2) is 4.98 Å². The van der Waals surface area contributed by atoms with Crippen LogP contribution in [0.25, 0.3) is 0 Å². The van der Waals surface area contributed by atoms with Gasteiger partial charge in [0.25, 0.3) is 0 Å². The highest BCUT2D eigenvalue weighted by Gasteiger charge is 2.12. The largest absolute Gasteiger partial charge is 0.484 e. The second-order valence-corrected chi connectivity index (χ2v) is 5.23. The summed E-state index contributed by atoms with van der Waals surface area (Å²) in [5.41, 5.74) is 2.19. The molecule has 2 rings (SSSR count). The van der Waals surface area contributed by atoms with E-state index < -0.39 is 0 Å². The minimum absolute atomic E-state index is 0.0425. The van der Waals surface area contributed by atoms with Crippen LogP contribution in [0, 0.1) is 0 Å². The van der Waals surface area contributed by atoms with Crippen LogP contribution in [0.2, 0.25) is 0 Å². The zero-order chi connectivity index (χ0) is 13.0. The van der Waals surface area contributed by atoms with Gasteiger partial charge in [0.1, 0.15) is 16.9 Å². The number of thiazole rings is 1. The molecule has 1 heterocycles. The molecule has 0 saturated carbocycles. The number of benzene rings is 1. The van der Waals surface area contributed by atoms with Crippen molar-refractivity contribution in [1.29, 1.82) is 0 Å². The van der Waals surface area contributed by atoms with Crippen LogP contribution >= 0.6 is 22.9 Å². The Balaban J connectivity index is 2.08. The van der Waals surface area contributed by atoms with Crippen molar-refractivity contribution in [2.75, 3.05) is 0 Å². The summed E-state index contributed by atoms with van der Waals surface area (Å²) in [6, 6.07) is 8.18. The van der Waals surface area contributed by atoms with Crippen LogP contribution in [0.3, 0.4) is 0 Å². The van der Waals surface area contributed by atoms with Crippen molar-refractivity contribution in [2.45, 2.75) is 32.3 Å². The van der Waals surface area contributed by atoms with Gasteiger partial charge in [-0.2, -0.15) is 0 Å². The van der Waals surface area contributed by atoms with Crippen molar-refractivity contribution in [1.82, 2.24) is 4.98 Å². The van der Waals surface area contributed by atoms with E-state index in [0.29, 0.717) is 5.88 Å². The molecule has 0 aliphatic rings. The van der Waals surface area contributed by atoms with Crippen molar-refractivity contribution in [3.8, 4) is 5.75 Å². The molecule has 4 heteroatoms. The molecule has 2 nitrogen and oxygen atoms in total. The minimum Gasteiger partial charge on any atom is -0.484 e. The predicted molar refractivity (Wildman–Crippen MR) is 76.5 cm³/mol. The maximum atomic E-state index is 5.91. The minimum atomic E-state index is -0.0425. The number of rotatable bonds is 5. The molecule has 96 valence electrons. The molecule has 1 unspecified atom stereocenters. The molecule has 0 aliphatic heterocycles. The first-order valence-electron chi connectivity index (χ1n) is 5.98. The first-order valence-corrected chi connectivity index (χ1v) is 7.40. The Bertz CT molecular complexity index is 512. The van der Waals surface area contributed by atoms with Crippen molar-refractivity contribution in [3.63, 3.8) is 0 Å². The molecule has 1 aromatic carbocycles. The van der Waals surface area contributed by atoms with Gasteiger partial charge in [-0.1, -0.05) is 19.1 Å². The number of halogens is 1. The molecule has 0 amide bonds. The lowest BCUT2D eigenvalue weighted by Gasteiger charge is -2.12. The van der Waals surface area contributed by atoms with E-state index in [0.717, 1.165) is 22.9 Å². The van der Waals surface area contributed by atoms with Gasteiger partial charge in [-0.15, -0.1) is 22.9 Å². The smallest absolute Gasteiger partial charge is 0.147 e. The van der Waals surface area contributed by atoms with Gasteiger partial charge in [0.2, 0.25) is 0 Å². The number of nitrogens with zero attached hydrogens (tertiary/aromatic N) is 1. The Morgan fingerprint density at radius 3 is 2.94 bits per heavy atom. The first-order chi connectivity index (χ1) is 8.72. The summed E-state index contributed by atoms with van der Waals surface area (Å²) in [5, 5.41) is 2.94. The van der Waals surface area contributed by atoms with Crippen molar-refractivity contribution in [2.24, 2.45) is 0 Å². The molecule has 18 heavy (non-hydrogen) atoms. The standard InChI is InChI=1S/C14H16ClNOS/c1-3-11-5-4-6-13(7-11)17-10(2)14-16-12(8-15)9-18-14/h4-7,9-10H,3,8H2,1-2H3. The summed E-state index contributed by atoms with van der Waals surface area (Å²) in [6.45, 7) is 4.14. The van der Waals surface area contributed by atoms with Gasteiger partial charge in [0.05, 0.1) is 11.6 Å². The third-order valence-corrected chi connectivity index (χ3v) is 4.00. The quantitative estimate of drug-likeness (QED) is 0.748. The van der Waals surface area contributed by atoms with Crippen molar-refractivity contribution >= 4 is 22.9 Å². The van der Waals surface area contributed by atoms with Crippen LogP contribution < -0.4 is 4.74 Å². The SMILES string of the molecule is CCc1cccc(OC(C)c2nc(CCl)cs2)c1. The van der Waals surface area contributed by atoms with Crippen molar-refractivity contribution in [3.05, 3.63) is 45.9 Å². The van der Waals surface area contributed by atoms with E-state index in [1.165, 1.54) is 5.56 Å². The molecule has 2 aromatic rings. The third-order valence-electron chi connectivity index (χ3n) is 2.67. The maximum Gasteiger partial charge on any atom is 0.147 e. The summed E-state index contributed by atoms with van der Waals surface area (Å²) < 4.78 is 5.91. The zero-order valence-corrected chi connectivity index (χ0v) is 12.1. The van der Waals surface area contributed by atoms with Crippen LogP contribution in [0.5, 0.6) is 5.75 Å². The van der Waals surface area contributed by atoms with Gasteiger partial charge < -0.3 is 4.74 Å². The molecule has 0 saturated heterocycles. The fraction of sp³-hybridized carbons (Fsp3) is 0.357. The summed E-state index contributed by atoms with van der Waals surface area (Å²) in [6.07, 6.45) is 0.971.